The van der Waals surface area contributed by atoms with Crippen LogP contribution in [0.5, 0.6) is 0 Å². The van der Waals surface area contributed by atoms with E-state index in [0.29, 0.717) is 0 Å². The van der Waals surface area contributed by atoms with E-state index in [-0.39, 0.29) is 12.4 Å². The Hall–Kier alpha value is 0.250. The summed E-state index contributed by atoms with van der Waals surface area (Å²) < 4.78 is 0. The molecule has 0 aromatic rings. The summed E-state index contributed by atoms with van der Waals surface area (Å²) in [6, 6.07) is 0. The van der Waals surface area contributed by atoms with Gasteiger partial charge in [-0.1, -0.05) is 13.8 Å². The van der Waals surface area contributed by atoms with Gasteiger partial charge >= 0.3 is 0 Å². The molecule has 46 valence electrons. The van der Waals surface area contributed by atoms with Crippen molar-refractivity contribution in [2.75, 3.05) is 13.1 Å². The van der Waals surface area contributed by atoms with Gasteiger partial charge in [0.1, 0.15) is 0 Å². The fraction of sp³-hybridized carbons (Fsp3) is 1.00. The molecule has 0 fully saturated rings. The fourth-order valence-corrected chi connectivity index (χ4v) is 0.354. The van der Waals surface area contributed by atoms with E-state index < -0.39 is 0 Å². The first-order chi connectivity index (χ1) is 2.91. The maximum atomic E-state index is 3.20. The Labute approximate surface area is 51.9 Å². The molecule has 0 aromatic carbocycles. The summed E-state index contributed by atoms with van der Waals surface area (Å²) >= 11 is 0. The van der Waals surface area contributed by atoms with Crippen LogP contribution in [0, 0.1) is 0 Å². The molecule has 2 heteroatoms. The molecule has 0 aliphatic rings. The number of hydrogen-bond donors (Lipinski definition) is 1. The topological polar surface area (TPSA) is 12.0 Å². The van der Waals surface area contributed by atoms with Gasteiger partial charge in [-0.3, -0.25) is 0 Å². The average molecular weight is 124 g/mol. The average Bonchev–Trinajstić information content (AvgIpc) is 1.61. The Morgan fingerprint density at radius 1 is 1.29 bits per heavy atom. The molecule has 0 amide bonds. The summed E-state index contributed by atoms with van der Waals surface area (Å²) in [6.45, 7) is 6.56. The SMILES string of the molecule is CCCNCC.Cl. The number of halogens is 1. The van der Waals surface area contributed by atoms with Crippen LogP contribution >= 0.6 is 12.4 Å². The fourth-order valence-electron chi connectivity index (χ4n) is 0.354. The summed E-state index contributed by atoms with van der Waals surface area (Å²) in [7, 11) is 0. The number of nitrogens with one attached hydrogen (secondary N) is 1. The van der Waals surface area contributed by atoms with Crippen LogP contribution < -0.4 is 5.32 Å². The van der Waals surface area contributed by atoms with Gasteiger partial charge in [0, 0.05) is 0 Å². The molecule has 0 saturated carbocycles. The molecule has 0 heterocycles. The van der Waals surface area contributed by atoms with Crippen molar-refractivity contribution in [1.82, 2.24) is 5.32 Å². The molecule has 0 spiro atoms. The number of rotatable bonds is 3. The second-order valence-corrected chi connectivity index (χ2v) is 1.35. The first-order valence-corrected chi connectivity index (χ1v) is 2.62. The second kappa shape index (κ2) is 9.54. The standard InChI is InChI=1S/C5H13N.ClH/c1-3-5-6-4-2;/h6H,3-5H2,1-2H3;1H. The smallest absolute Gasteiger partial charge is 0.00517 e. The Bertz CT molecular complexity index is 20.0. The van der Waals surface area contributed by atoms with Crippen LogP contribution in [0.15, 0.2) is 0 Å². The van der Waals surface area contributed by atoms with Crippen molar-refractivity contribution in [2.45, 2.75) is 20.3 Å². The highest BCUT2D eigenvalue weighted by Crippen LogP contribution is 1.65. The summed E-state index contributed by atoms with van der Waals surface area (Å²) in [5, 5.41) is 3.20. The Morgan fingerprint density at radius 2 is 1.86 bits per heavy atom. The van der Waals surface area contributed by atoms with Gasteiger partial charge in [-0.15, -0.1) is 12.4 Å². The van der Waals surface area contributed by atoms with Gasteiger partial charge < -0.3 is 5.32 Å². The molecule has 0 bridgehead atoms. The quantitative estimate of drug-likeness (QED) is 0.560. The van der Waals surface area contributed by atoms with Gasteiger partial charge in [-0.25, -0.2) is 0 Å². The van der Waals surface area contributed by atoms with Crippen molar-refractivity contribution in [2.24, 2.45) is 0 Å². The maximum Gasteiger partial charge on any atom is -0.00517 e. The minimum absolute atomic E-state index is 0. The van der Waals surface area contributed by atoms with Gasteiger partial charge in [0.2, 0.25) is 0 Å². The van der Waals surface area contributed by atoms with E-state index in [4.69, 9.17) is 0 Å². The van der Waals surface area contributed by atoms with Crippen molar-refractivity contribution < 1.29 is 0 Å². The molecule has 0 aliphatic carbocycles. The zero-order valence-electron chi connectivity index (χ0n) is 5.03. The van der Waals surface area contributed by atoms with Crippen LogP contribution in [0.1, 0.15) is 20.3 Å². The number of hydrogen-bond acceptors (Lipinski definition) is 1. The van der Waals surface area contributed by atoms with Crippen molar-refractivity contribution >= 4 is 12.4 Å². The highest BCUT2D eigenvalue weighted by molar-refractivity contribution is 5.85. The predicted octanol–water partition coefficient (Wildman–Crippen LogP) is 1.43. The van der Waals surface area contributed by atoms with Crippen LogP contribution in [0.3, 0.4) is 0 Å². The monoisotopic (exact) mass is 123 g/mol. The van der Waals surface area contributed by atoms with E-state index in [9.17, 15) is 0 Å². The molecule has 0 atom stereocenters. The van der Waals surface area contributed by atoms with E-state index >= 15 is 0 Å². The molecule has 0 rings (SSSR count). The Morgan fingerprint density at radius 3 is 2.00 bits per heavy atom. The largest absolute Gasteiger partial charge is 0.317 e. The first-order valence-electron chi connectivity index (χ1n) is 2.62. The zero-order valence-corrected chi connectivity index (χ0v) is 5.85. The first kappa shape index (κ1) is 10.3. The van der Waals surface area contributed by atoms with Crippen molar-refractivity contribution in [3.63, 3.8) is 0 Å². The van der Waals surface area contributed by atoms with Crippen LogP contribution in [0.2, 0.25) is 0 Å². The summed E-state index contributed by atoms with van der Waals surface area (Å²) in [5.74, 6) is 0. The van der Waals surface area contributed by atoms with Crippen LogP contribution in [0.25, 0.3) is 0 Å². The Kier molecular flexibility index (Phi) is 14.0. The van der Waals surface area contributed by atoms with Crippen LogP contribution in [-0.4, -0.2) is 13.1 Å². The van der Waals surface area contributed by atoms with Gasteiger partial charge in [0.05, 0.1) is 0 Å². The van der Waals surface area contributed by atoms with E-state index in [1.54, 1.807) is 0 Å². The van der Waals surface area contributed by atoms with Crippen molar-refractivity contribution in [3.8, 4) is 0 Å². The maximum absolute atomic E-state index is 3.20. The molecule has 1 nitrogen and oxygen atoms in total. The zero-order chi connectivity index (χ0) is 4.83. The van der Waals surface area contributed by atoms with Gasteiger partial charge in [0.15, 0.2) is 0 Å². The summed E-state index contributed by atoms with van der Waals surface area (Å²) in [6.07, 6.45) is 1.24. The lowest BCUT2D eigenvalue weighted by Crippen LogP contribution is -2.12. The summed E-state index contributed by atoms with van der Waals surface area (Å²) in [5.41, 5.74) is 0. The molecule has 0 saturated heterocycles. The minimum Gasteiger partial charge on any atom is -0.317 e. The molecule has 0 aromatic heterocycles. The van der Waals surface area contributed by atoms with Crippen molar-refractivity contribution in [1.29, 1.82) is 0 Å². The predicted molar refractivity (Wildman–Crippen MR) is 36.1 cm³/mol. The normalized spacial score (nSPS) is 7.71. The molecule has 0 aliphatic heterocycles. The third kappa shape index (κ3) is 10.7. The third-order valence-corrected chi connectivity index (χ3v) is 0.677. The molecule has 1 N–H and O–H groups in total. The van der Waals surface area contributed by atoms with E-state index in [0.717, 1.165) is 13.1 Å². The lowest BCUT2D eigenvalue weighted by molar-refractivity contribution is 0.703. The lowest BCUT2D eigenvalue weighted by Gasteiger charge is -1.91. The van der Waals surface area contributed by atoms with E-state index in [1.165, 1.54) is 6.42 Å². The van der Waals surface area contributed by atoms with Gasteiger partial charge in [0.25, 0.3) is 0 Å². The van der Waals surface area contributed by atoms with E-state index in [2.05, 4.69) is 19.2 Å². The molecule has 7 heavy (non-hydrogen) atoms. The highest BCUT2D eigenvalue weighted by atomic mass is 35.5. The van der Waals surface area contributed by atoms with Gasteiger partial charge in [-0.2, -0.15) is 0 Å². The molecule has 0 radical (unpaired) electrons. The molecular weight excluding hydrogens is 110 g/mol. The highest BCUT2D eigenvalue weighted by Gasteiger charge is 1.71. The van der Waals surface area contributed by atoms with E-state index in [1.807, 2.05) is 0 Å². The minimum atomic E-state index is 0. The third-order valence-electron chi connectivity index (χ3n) is 0.677. The molecule has 0 unspecified atom stereocenters. The van der Waals surface area contributed by atoms with Crippen LogP contribution in [0.4, 0.5) is 0 Å². The Balaban J connectivity index is 0. The molecular formula is C5H14ClN. The second-order valence-electron chi connectivity index (χ2n) is 1.35. The van der Waals surface area contributed by atoms with Crippen LogP contribution in [-0.2, 0) is 0 Å². The summed E-state index contributed by atoms with van der Waals surface area (Å²) in [4.78, 5) is 0. The van der Waals surface area contributed by atoms with Crippen molar-refractivity contribution in [3.05, 3.63) is 0 Å². The van der Waals surface area contributed by atoms with Gasteiger partial charge in [-0.05, 0) is 19.5 Å². The lowest BCUT2D eigenvalue weighted by atomic mass is 10.5.